The highest BCUT2D eigenvalue weighted by atomic mass is 15.2. The van der Waals surface area contributed by atoms with Gasteiger partial charge in [0.05, 0.1) is 0 Å². The molecular weight excluding hydrogens is 1030 g/mol. The smallest absolute Gasteiger partial charge is 0.252 e. The van der Waals surface area contributed by atoms with Gasteiger partial charge in [0.1, 0.15) is 0 Å². The third-order valence-electron chi connectivity index (χ3n) is 19.7. The van der Waals surface area contributed by atoms with Crippen LogP contribution < -0.4 is 78.6 Å². The molecule has 13 aromatic carbocycles. The summed E-state index contributed by atoms with van der Waals surface area (Å²) in [6, 6.07) is 91.4. The zero-order valence-electron chi connectivity index (χ0n) is 48.6. The van der Waals surface area contributed by atoms with Crippen LogP contribution in [0.4, 0.5) is 68.2 Å². The molecule has 0 aliphatic carbocycles. The van der Waals surface area contributed by atoms with Gasteiger partial charge in [0.2, 0.25) is 0 Å². The van der Waals surface area contributed by atoms with Gasteiger partial charge in [0.25, 0.3) is 20.1 Å². The zero-order chi connectivity index (χ0) is 56.9. The molecule has 6 heterocycles. The average Bonchev–Trinajstić information content (AvgIpc) is 1.11. The number of rotatable bonds is 0. The van der Waals surface area contributed by atoms with Gasteiger partial charge in [-0.3, -0.25) is 0 Å². The predicted octanol–water partition coefficient (Wildman–Crippen LogP) is 11.7. The number of para-hydroxylation sites is 2. The topological polar surface area (TPSA) is 19.4 Å². The number of benzene rings is 13. The van der Waals surface area contributed by atoms with E-state index in [2.05, 4.69) is 320 Å². The minimum Gasteiger partial charge on any atom is -0.345 e. The summed E-state index contributed by atoms with van der Waals surface area (Å²) < 4.78 is 0. The van der Waals surface area contributed by atoms with E-state index in [-0.39, 0.29) is 13.4 Å². The molecule has 0 saturated carbocycles. The van der Waals surface area contributed by atoms with E-state index < -0.39 is 0 Å². The van der Waals surface area contributed by atoms with E-state index in [9.17, 15) is 0 Å². The number of anilines is 12. The Morgan fingerprint density at radius 2 is 0.482 bits per heavy atom. The van der Waals surface area contributed by atoms with Crippen molar-refractivity contribution in [1.82, 2.24) is 0 Å². The average molecular weight is 1090 g/mol. The first kappa shape index (κ1) is 49.5. The molecule has 0 amide bonds. The van der Waals surface area contributed by atoms with Gasteiger partial charge in [-0.25, -0.2) is 0 Å². The van der Waals surface area contributed by atoms with E-state index in [0.717, 1.165) is 0 Å². The fourth-order valence-electron chi connectivity index (χ4n) is 15.8. The van der Waals surface area contributed by atoms with Gasteiger partial charge in [0, 0.05) is 121 Å². The van der Waals surface area contributed by atoms with E-state index in [0.29, 0.717) is 6.71 Å². The Kier molecular flexibility index (Phi) is 10.9. The Labute approximate surface area is 498 Å². The van der Waals surface area contributed by atoms with Crippen molar-refractivity contribution in [2.45, 2.75) is 0 Å². The van der Waals surface area contributed by atoms with Crippen molar-refractivity contribution in [3.05, 3.63) is 249 Å². The van der Waals surface area contributed by atoms with E-state index in [1.54, 1.807) is 0 Å². The summed E-state index contributed by atoms with van der Waals surface area (Å²) >= 11 is 0. The van der Waals surface area contributed by atoms with Crippen molar-refractivity contribution in [3.8, 4) is 0 Å². The molecule has 0 unspecified atom stereocenters. The van der Waals surface area contributed by atoms with Gasteiger partial charge in [-0.15, -0.1) is 0 Å². The molecule has 13 aromatic rings. The largest absolute Gasteiger partial charge is 0.345 e. The minimum absolute atomic E-state index is 0.234. The summed E-state index contributed by atoms with van der Waals surface area (Å²) in [6.45, 7) is 0.789. The van der Waals surface area contributed by atoms with Gasteiger partial charge in [-0.2, -0.15) is 0 Å². The van der Waals surface area contributed by atoms with Crippen LogP contribution in [0.3, 0.4) is 0 Å². The Morgan fingerprint density at radius 3 is 0.882 bits per heavy atom. The maximum absolute atomic E-state index is 2.41. The molecular formula is C76H59B3N6. The summed E-state index contributed by atoms with van der Waals surface area (Å²) in [7, 11) is 13.2. The summed E-state index contributed by atoms with van der Waals surface area (Å²) in [6.07, 6.45) is 0. The van der Waals surface area contributed by atoms with Crippen LogP contribution in [0.5, 0.6) is 0 Å². The lowest BCUT2D eigenvalue weighted by Gasteiger charge is -2.42. The molecule has 6 aliphatic rings. The highest BCUT2D eigenvalue weighted by molar-refractivity contribution is 7.02. The van der Waals surface area contributed by atoms with Crippen molar-refractivity contribution in [1.29, 1.82) is 0 Å². The van der Waals surface area contributed by atoms with Crippen molar-refractivity contribution in [2.75, 3.05) is 71.7 Å². The summed E-state index contributed by atoms with van der Waals surface area (Å²) in [5.41, 5.74) is 28.3. The lowest BCUT2D eigenvalue weighted by Crippen LogP contribution is -2.61. The second kappa shape index (κ2) is 18.7. The fraction of sp³-hybridized carbons (Fsp3) is 0.0789. The van der Waals surface area contributed by atoms with E-state index in [1.807, 2.05) is 0 Å². The molecule has 0 spiro atoms. The Bertz CT molecular complexity index is 4670. The number of hydrogen-bond donors (Lipinski definition) is 0. The van der Waals surface area contributed by atoms with Crippen molar-refractivity contribution < 1.29 is 0 Å². The molecule has 9 heteroatoms. The zero-order valence-corrected chi connectivity index (χ0v) is 48.6. The van der Waals surface area contributed by atoms with Crippen LogP contribution >= 0.6 is 0 Å². The molecule has 402 valence electrons. The minimum atomic E-state index is 0.234. The Balaban J connectivity index is 0.000000101. The third kappa shape index (κ3) is 7.10. The van der Waals surface area contributed by atoms with Crippen LogP contribution in [0.15, 0.2) is 249 Å². The number of fused-ring (bicyclic) bond motifs is 18. The SMILES string of the molecule is CN1c2cc3ccccc3cc2B2c3cc4ccccc4cc3N(C)c3cccc1c32.CN1c2cccc3c2B(c2ccc4ccccc4c21)c1ccc2ccccc2c1N3C.CN1c2ccccc2B2c3ccccc3N(C)c3cccc1c32. The Hall–Kier alpha value is -10.1. The van der Waals surface area contributed by atoms with Crippen LogP contribution in [-0.4, -0.2) is 62.4 Å². The van der Waals surface area contributed by atoms with Crippen molar-refractivity contribution >= 4 is 181 Å². The lowest BCUT2D eigenvalue weighted by atomic mass is 9.33. The second-order valence-corrected chi connectivity index (χ2v) is 23.9. The van der Waals surface area contributed by atoms with Crippen LogP contribution in [0.25, 0.3) is 43.1 Å². The molecule has 0 fully saturated rings. The van der Waals surface area contributed by atoms with Crippen LogP contribution in [0, 0.1) is 0 Å². The first-order valence-corrected chi connectivity index (χ1v) is 29.8. The van der Waals surface area contributed by atoms with E-state index >= 15 is 0 Å². The van der Waals surface area contributed by atoms with Gasteiger partial charge >= 0.3 is 0 Å². The molecule has 0 bridgehead atoms. The predicted molar refractivity (Wildman–Crippen MR) is 370 cm³/mol. The van der Waals surface area contributed by atoms with Gasteiger partial charge in [-0.05, 0) is 142 Å². The molecule has 0 atom stereocenters. The first-order valence-electron chi connectivity index (χ1n) is 29.8. The quantitative estimate of drug-likeness (QED) is 0.140. The second-order valence-electron chi connectivity index (χ2n) is 23.9. The maximum Gasteiger partial charge on any atom is 0.252 e. The van der Waals surface area contributed by atoms with Crippen LogP contribution in [0.2, 0.25) is 0 Å². The number of nitrogens with zero attached hydrogens (tertiary/aromatic N) is 6. The molecule has 6 nitrogen and oxygen atoms in total. The standard InChI is InChI=1S/2C28H21BN2.C20H17BN2/c1-30-24-12-7-13-25-28(24)29(22-14-18-8-3-5-10-20(18)16-26(22)30)23-15-19-9-4-6-11-21(19)17-27(23)31(25)2;1-30-24-12-7-13-25-26(24)29(22-16-14-18-8-3-5-10-20(18)27(22)30)23-17-15-19-9-4-6-11-21(19)28(23)31(25)2;1-22-16-10-5-3-8-14(16)21-15-9-4-6-11-17(15)23(2)19-13-7-12-18(22)20(19)21/h2*3-17H,1-2H3;3-13H,1-2H3. The molecule has 0 radical (unpaired) electrons. The van der Waals surface area contributed by atoms with Gasteiger partial charge in [-0.1, -0.05) is 188 Å². The number of hydrogen-bond acceptors (Lipinski definition) is 6. The summed E-state index contributed by atoms with van der Waals surface area (Å²) in [5.74, 6) is 0. The van der Waals surface area contributed by atoms with Crippen LogP contribution in [-0.2, 0) is 0 Å². The third-order valence-corrected chi connectivity index (χ3v) is 19.7. The maximum atomic E-state index is 2.41. The normalized spacial score (nSPS) is 14.0. The molecule has 0 aromatic heterocycles. The monoisotopic (exact) mass is 1090 g/mol. The first-order chi connectivity index (χ1) is 41.7. The highest BCUT2D eigenvalue weighted by Gasteiger charge is 2.44. The van der Waals surface area contributed by atoms with E-state index in [1.165, 1.54) is 161 Å². The summed E-state index contributed by atoms with van der Waals surface area (Å²) in [4.78, 5) is 14.2. The molecule has 0 saturated heterocycles. The molecule has 19 rings (SSSR count). The summed E-state index contributed by atoms with van der Waals surface area (Å²) in [5, 5.41) is 10.4. The highest BCUT2D eigenvalue weighted by Crippen LogP contribution is 2.42. The van der Waals surface area contributed by atoms with Crippen molar-refractivity contribution in [2.24, 2.45) is 0 Å². The molecule has 0 N–H and O–H groups in total. The van der Waals surface area contributed by atoms with Crippen LogP contribution in [0.1, 0.15) is 0 Å². The van der Waals surface area contributed by atoms with E-state index in [4.69, 9.17) is 0 Å². The van der Waals surface area contributed by atoms with Gasteiger partial charge < -0.3 is 29.4 Å². The lowest BCUT2D eigenvalue weighted by molar-refractivity contribution is 1.18. The molecule has 85 heavy (non-hydrogen) atoms. The Morgan fingerprint density at radius 1 is 0.200 bits per heavy atom. The van der Waals surface area contributed by atoms with Crippen molar-refractivity contribution in [3.63, 3.8) is 0 Å². The van der Waals surface area contributed by atoms with Gasteiger partial charge in [0.15, 0.2) is 0 Å². The fourth-order valence-corrected chi connectivity index (χ4v) is 15.8. The molecule has 6 aliphatic heterocycles.